The van der Waals surface area contributed by atoms with Crippen molar-refractivity contribution in [3.8, 4) is 0 Å². The molecule has 0 saturated carbocycles. The van der Waals surface area contributed by atoms with Crippen molar-refractivity contribution in [3.05, 3.63) is 49.6 Å². The number of hydrogen-bond acceptors (Lipinski definition) is 2. The van der Waals surface area contributed by atoms with Gasteiger partial charge in [0.15, 0.2) is 0 Å². The monoisotopic (exact) mass is 351 g/mol. The van der Waals surface area contributed by atoms with Crippen LogP contribution in [0.25, 0.3) is 0 Å². The largest absolute Gasteiger partial charge is 0.319 e. The maximum atomic E-state index is 13.5. The van der Waals surface area contributed by atoms with Crippen LogP contribution in [-0.2, 0) is 0 Å². The molecule has 0 saturated heterocycles. The Balaban J connectivity index is 2.24. The van der Waals surface area contributed by atoms with Gasteiger partial charge in [-0.1, -0.05) is 11.6 Å². The molecule has 1 amide bonds. The lowest BCUT2D eigenvalue weighted by Crippen LogP contribution is -2.11. The third-order valence-corrected chi connectivity index (χ3v) is 3.89. The van der Waals surface area contributed by atoms with Crippen molar-refractivity contribution >= 4 is 50.5 Å². The first-order valence-corrected chi connectivity index (χ1v) is 6.67. The van der Waals surface area contributed by atoms with Crippen LogP contribution in [0.3, 0.4) is 0 Å². The topological polar surface area (TPSA) is 29.1 Å². The number of thiophene rings is 1. The summed E-state index contributed by atoms with van der Waals surface area (Å²) >= 11 is 9.59. The van der Waals surface area contributed by atoms with Crippen LogP contribution in [0.4, 0.5) is 14.5 Å². The van der Waals surface area contributed by atoms with Crippen molar-refractivity contribution in [2.45, 2.75) is 0 Å². The molecule has 2 nitrogen and oxygen atoms in total. The van der Waals surface area contributed by atoms with Crippen molar-refractivity contribution in [3.63, 3.8) is 0 Å². The Morgan fingerprint density at radius 3 is 2.61 bits per heavy atom. The fraction of sp³-hybridized carbons (Fsp3) is 0. The Hall–Kier alpha value is -0.980. The molecular weight excluding hydrogens is 348 g/mol. The molecule has 0 aliphatic rings. The van der Waals surface area contributed by atoms with Gasteiger partial charge in [0.25, 0.3) is 5.91 Å². The Morgan fingerprint density at radius 2 is 2.00 bits per heavy atom. The third-order valence-electron chi connectivity index (χ3n) is 2.06. The summed E-state index contributed by atoms with van der Waals surface area (Å²) in [6.07, 6.45) is 0. The zero-order valence-electron chi connectivity index (χ0n) is 8.64. The molecule has 0 radical (unpaired) electrons. The standard InChI is InChI=1S/C11H5BrClF2NOS/c12-5-3-7(15)8(4-6(5)14)16-11(17)9-1-2-10(13)18-9/h1-4H,(H,16,17). The van der Waals surface area contributed by atoms with Crippen LogP contribution in [-0.4, -0.2) is 5.91 Å². The van der Waals surface area contributed by atoms with Crippen LogP contribution >= 0.6 is 38.9 Å². The fourth-order valence-electron chi connectivity index (χ4n) is 1.24. The average molecular weight is 353 g/mol. The molecule has 2 rings (SSSR count). The second-order valence-electron chi connectivity index (χ2n) is 3.30. The van der Waals surface area contributed by atoms with Gasteiger partial charge >= 0.3 is 0 Å². The Morgan fingerprint density at radius 1 is 1.28 bits per heavy atom. The molecule has 18 heavy (non-hydrogen) atoms. The number of carbonyl (C=O) groups is 1. The summed E-state index contributed by atoms with van der Waals surface area (Å²) in [5.41, 5.74) is -0.217. The van der Waals surface area contributed by atoms with Crippen LogP contribution in [0.15, 0.2) is 28.7 Å². The van der Waals surface area contributed by atoms with Crippen LogP contribution in [0.2, 0.25) is 4.34 Å². The molecule has 0 bridgehead atoms. The molecule has 1 aromatic heterocycles. The molecule has 0 atom stereocenters. The van der Waals surface area contributed by atoms with Crippen molar-refractivity contribution < 1.29 is 13.6 Å². The van der Waals surface area contributed by atoms with E-state index in [2.05, 4.69) is 21.2 Å². The summed E-state index contributed by atoms with van der Waals surface area (Å²) in [6.45, 7) is 0. The highest BCUT2D eigenvalue weighted by atomic mass is 79.9. The first kappa shape index (κ1) is 13.5. The molecule has 94 valence electrons. The maximum absolute atomic E-state index is 13.5. The molecule has 0 spiro atoms. The van der Waals surface area contributed by atoms with Gasteiger partial charge in [-0.25, -0.2) is 8.78 Å². The lowest BCUT2D eigenvalue weighted by atomic mass is 10.3. The average Bonchev–Trinajstić information content (AvgIpc) is 2.73. The Bertz CT molecular complexity index is 617. The zero-order chi connectivity index (χ0) is 13.3. The quantitative estimate of drug-likeness (QED) is 0.780. The lowest BCUT2D eigenvalue weighted by molar-refractivity contribution is 0.103. The SMILES string of the molecule is O=C(Nc1cc(F)c(Br)cc1F)c1ccc(Cl)s1. The number of carbonyl (C=O) groups excluding carboxylic acids is 1. The van der Waals surface area contributed by atoms with Crippen molar-refractivity contribution in [1.82, 2.24) is 0 Å². The van der Waals surface area contributed by atoms with E-state index in [1.165, 1.54) is 6.07 Å². The highest BCUT2D eigenvalue weighted by Crippen LogP contribution is 2.26. The maximum Gasteiger partial charge on any atom is 0.265 e. The van der Waals surface area contributed by atoms with Crippen molar-refractivity contribution in [2.24, 2.45) is 0 Å². The van der Waals surface area contributed by atoms with Crippen molar-refractivity contribution in [2.75, 3.05) is 5.32 Å². The number of amides is 1. The summed E-state index contributed by atoms with van der Waals surface area (Å²) in [4.78, 5) is 12.0. The molecule has 0 unspecified atom stereocenters. The van der Waals surface area contributed by atoms with Gasteiger partial charge in [0, 0.05) is 6.07 Å². The van der Waals surface area contributed by atoms with Gasteiger partial charge in [0.05, 0.1) is 19.4 Å². The fourth-order valence-corrected chi connectivity index (χ4v) is 2.49. The van der Waals surface area contributed by atoms with Crippen LogP contribution in [0.5, 0.6) is 0 Å². The minimum atomic E-state index is -0.723. The van der Waals surface area contributed by atoms with Gasteiger partial charge in [-0.05, 0) is 34.1 Å². The summed E-state index contributed by atoms with van der Waals surface area (Å²) < 4.78 is 27.2. The normalized spacial score (nSPS) is 10.4. The van der Waals surface area contributed by atoms with E-state index >= 15 is 0 Å². The highest BCUT2D eigenvalue weighted by Gasteiger charge is 2.13. The Kier molecular flexibility index (Phi) is 3.99. The summed E-state index contributed by atoms with van der Waals surface area (Å²) in [5, 5.41) is 2.28. The molecule has 1 aromatic carbocycles. The van der Waals surface area contributed by atoms with Gasteiger partial charge in [-0.3, -0.25) is 4.79 Å². The van der Waals surface area contributed by atoms with E-state index in [9.17, 15) is 13.6 Å². The van der Waals surface area contributed by atoms with Gasteiger partial charge in [-0.2, -0.15) is 0 Å². The lowest BCUT2D eigenvalue weighted by Gasteiger charge is -2.06. The van der Waals surface area contributed by atoms with E-state index in [0.717, 1.165) is 23.5 Å². The molecule has 2 aromatic rings. The molecule has 1 N–H and O–H groups in total. The number of nitrogens with one attached hydrogen (secondary N) is 1. The number of hydrogen-bond donors (Lipinski definition) is 1. The number of halogens is 4. The Labute approximate surface area is 119 Å². The van der Waals surface area contributed by atoms with E-state index in [1.54, 1.807) is 6.07 Å². The summed E-state index contributed by atoms with van der Waals surface area (Å²) in [6, 6.07) is 4.92. The third kappa shape index (κ3) is 2.88. The smallest absolute Gasteiger partial charge is 0.265 e. The number of anilines is 1. The first-order valence-electron chi connectivity index (χ1n) is 4.68. The minimum Gasteiger partial charge on any atom is -0.319 e. The van der Waals surface area contributed by atoms with Crippen molar-refractivity contribution in [1.29, 1.82) is 0 Å². The summed E-state index contributed by atoms with van der Waals surface area (Å²) in [7, 11) is 0. The second kappa shape index (κ2) is 5.34. The van der Waals surface area contributed by atoms with Gasteiger partial charge in [0.1, 0.15) is 11.6 Å². The van der Waals surface area contributed by atoms with Gasteiger partial charge < -0.3 is 5.32 Å². The predicted molar refractivity (Wildman–Crippen MR) is 71.3 cm³/mol. The molecule has 1 heterocycles. The van der Waals surface area contributed by atoms with Crippen LogP contribution in [0.1, 0.15) is 9.67 Å². The van der Waals surface area contributed by atoms with E-state index in [-0.39, 0.29) is 10.2 Å². The molecule has 7 heteroatoms. The van der Waals surface area contributed by atoms with E-state index in [0.29, 0.717) is 9.21 Å². The first-order chi connectivity index (χ1) is 8.47. The molecule has 0 fully saturated rings. The van der Waals surface area contributed by atoms with E-state index < -0.39 is 17.5 Å². The van der Waals surface area contributed by atoms with Crippen LogP contribution < -0.4 is 5.32 Å². The van der Waals surface area contributed by atoms with E-state index in [1.807, 2.05) is 0 Å². The van der Waals surface area contributed by atoms with Gasteiger partial charge in [-0.15, -0.1) is 11.3 Å². The molecule has 0 aliphatic carbocycles. The number of benzene rings is 1. The van der Waals surface area contributed by atoms with Gasteiger partial charge in [0.2, 0.25) is 0 Å². The minimum absolute atomic E-state index is 0.00262. The summed E-state index contributed by atoms with van der Waals surface area (Å²) in [5.74, 6) is -1.91. The predicted octanol–water partition coefficient (Wildman–Crippen LogP) is 4.69. The highest BCUT2D eigenvalue weighted by molar-refractivity contribution is 9.10. The zero-order valence-corrected chi connectivity index (χ0v) is 11.8. The molecule has 0 aliphatic heterocycles. The number of rotatable bonds is 2. The van der Waals surface area contributed by atoms with E-state index in [4.69, 9.17) is 11.6 Å². The molecular formula is C11H5BrClF2NOS. The second-order valence-corrected chi connectivity index (χ2v) is 5.87. The van der Waals surface area contributed by atoms with Crippen LogP contribution in [0, 0.1) is 11.6 Å².